The molecule has 3 heteroatoms. The van der Waals surface area contributed by atoms with Gasteiger partial charge in [-0.25, -0.2) is 0 Å². The molecule has 15 heavy (non-hydrogen) atoms. The maximum atomic E-state index is 10.7. The van der Waals surface area contributed by atoms with E-state index in [2.05, 4.69) is 0 Å². The highest BCUT2D eigenvalue weighted by molar-refractivity contribution is 7.98. The zero-order chi connectivity index (χ0) is 11.1. The number of carbonyl (C=O) groups excluding carboxylic acids is 1. The molecule has 0 spiro atoms. The minimum absolute atomic E-state index is 0.280. The van der Waals surface area contributed by atoms with Crippen molar-refractivity contribution in [2.24, 2.45) is 0 Å². The van der Waals surface area contributed by atoms with E-state index in [4.69, 9.17) is 11.6 Å². The van der Waals surface area contributed by atoms with Gasteiger partial charge in [-0.3, -0.25) is 0 Å². The first-order valence-corrected chi connectivity index (χ1v) is 6.53. The van der Waals surface area contributed by atoms with Crippen LogP contribution >= 0.6 is 23.4 Å². The largest absolute Gasteiger partial charge is 0.300 e. The lowest BCUT2D eigenvalue weighted by Gasteiger charge is -2.01. The van der Waals surface area contributed by atoms with Gasteiger partial charge < -0.3 is 4.79 Å². The Kier molecular flexibility index (Phi) is 5.81. The molecule has 0 amide bonds. The standard InChI is InChI=1S/C12H15ClOS/c1-10(14)3-2-8-15-9-11-4-6-12(13)7-5-11/h4-7H,2-3,8-9H2,1H3. The van der Waals surface area contributed by atoms with Crippen molar-refractivity contribution in [3.8, 4) is 0 Å². The zero-order valence-electron chi connectivity index (χ0n) is 8.83. The van der Waals surface area contributed by atoms with Crippen molar-refractivity contribution in [1.29, 1.82) is 0 Å². The second-order valence-electron chi connectivity index (χ2n) is 3.48. The first kappa shape index (κ1) is 12.6. The van der Waals surface area contributed by atoms with Crippen LogP contribution in [0.4, 0.5) is 0 Å². The van der Waals surface area contributed by atoms with E-state index >= 15 is 0 Å². The van der Waals surface area contributed by atoms with Gasteiger partial charge in [0.15, 0.2) is 0 Å². The number of ketones is 1. The number of hydrogen-bond acceptors (Lipinski definition) is 2. The Morgan fingerprint density at radius 3 is 2.60 bits per heavy atom. The summed E-state index contributed by atoms with van der Waals surface area (Å²) >= 11 is 7.64. The van der Waals surface area contributed by atoms with Gasteiger partial charge in [0.1, 0.15) is 5.78 Å². The van der Waals surface area contributed by atoms with Crippen molar-refractivity contribution in [1.82, 2.24) is 0 Å². The Bertz CT molecular complexity index is 308. The third kappa shape index (κ3) is 5.85. The number of Topliss-reactive ketones (excluding diaryl/α,β-unsaturated/α-hetero) is 1. The molecule has 0 aliphatic rings. The molecule has 1 aromatic rings. The molecule has 0 N–H and O–H groups in total. The summed E-state index contributed by atoms with van der Waals surface area (Å²) in [5.41, 5.74) is 1.28. The van der Waals surface area contributed by atoms with Crippen molar-refractivity contribution in [2.75, 3.05) is 5.75 Å². The van der Waals surface area contributed by atoms with Crippen LogP contribution < -0.4 is 0 Å². The summed E-state index contributed by atoms with van der Waals surface area (Å²) in [6.07, 6.45) is 1.68. The number of carbonyl (C=O) groups is 1. The molecule has 0 aliphatic carbocycles. The normalized spacial score (nSPS) is 10.3. The minimum Gasteiger partial charge on any atom is -0.300 e. The Balaban J connectivity index is 2.15. The lowest BCUT2D eigenvalue weighted by atomic mass is 10.2. The maximum absolute atomic E-state index is 10.7. The van der Waals surface area contributed by atoms with Gasteiger partial charge in [0, 0.05) is 17.2 Å². The predicted molar refractivity (Wildman–Crippen MR) is 67.5 cm³/mol. The van der Waals surface area contributed by atoms with Crippen LogP contribution in [-0.2, 0) is 10.5 Å². The van der Waals surface area contributed by atoms with Crippen molar-refractivity contribution in [3.05, 3.63) is 34.9 Å². The average Bonchev–Trinajstić information content (AvgIpc) is 2.20. The second-order valence-corrected chi connectivity index (χ2v) is 5.03. The summed E-state index contributed by atoms with van der Waals surface area (Å²) in [5, 5.41) is 0.778. The van der Waals surface area contributed by atoms with Crippen LogP contribution in [-0.4, -0.2) is 11.5 Å². The molecule has 0 bridgehead atoms. The number of rotatable bonds is 6. The van der Waals surface area contributed by atoms with Gasteiger partial charge >= 0.3 is 0 Å². The van der Waals surface area contributed by atoms with Crippen molar-refractivity contribution < 1.29 is 4.79 Å². The molecule has 0 aliphatic heterocycles. The zero-order valence-corrected chi connectivity index (χ0v) is 10.4. The van der Waals surface area contributed by atoms with Crippen LogP contribution in [0.2, 0.25) is 5.02 Å². The lowest BCUT2D eigenvalue weighted by Crippen LogP contribution is -1.91. The summed E-state index contributed by atoms with van der Waals surface area (Å²) in [4.78, 5) is 10.7. The minimum atomic E-state index is 0.280. The first-order valence-electron chi connectivity index (χ1n) is 5.00. The van der Waals surface area contributed by atoms with Gasteiger partial charge in [0.25, 0.3) is 0 Å². The van der Waals surface area contributed by atoms with Gasteiger partial charge in [-0.1, -0.05) is 23.7 Å². The van der Waals surface area contributed by atoms with Crippen LogP contribution in [0.25, 0.3) is 0 Å². The van der Waals surface area contributed by atoms with E-state index in [0.29, 0.717) is 6.42 Å². The van der Waals surface area contributed by atoms with Gasteiger partial charge in [0.05, 0.1) is 0 Å². The topological polar surface area (TPSA) is 17.1 Å². The molecule has 0 aromatic heterocycles. The smallest absolute Gasteiger partial charge is 0.129 e. The fourth-order valence-electron chi connectivity index (χ4n) is 1.19. The molecule has 0 atom stereocenters. The van der Waals surface area contributed by atoms with Crippen molar-refractivity contribution in [3.63, 3.8) is 0 Å². The van der Waals surface area contributed by atoms with Gasteiger partial charge in [0.2, 0.25) is 0 Å². The molecule has 0 heterocycles. The number of thioether (sulfide) groups is 1. The van der Waals surface area contributed by atoms with E-state index in [-0.39, 0.29) is 5.78 Å². The van der Waals surface area contributed by atoms with Gasteiger partial charge in [-0.05, 0) is 36.8 Å². The molecule has 1 nitrogen and oxygen atoms in total. The van der Waals surface area contributed by atoms with Crippen LogP contribution in [0.5, 0.6) is 0 Å². The summed E-state index contributed by atoms with van der Waals surface area (Å²) in [7, 11) is 0. The fourth-order valence-corrected chi connectivity index (χ4v) is 2.24. The monoisotopic (exact) mass is 242 g/mol. The third-order valence-corrected chi connectivity index (χ3v) is 3.37. The Morgan fingerprint density at radius 2 is 2.00 bits per heavy atom. The summed E-state index contributed by atoms with van der Waals surface area (Å²) < 4.78 is 0. The molecule has 0 unspecified atom stereocenters. The van der Waals surface area contributed by atoms with Gasteiger partial charge in [-0.15, -0.1) is 0 Å². The van der Waals surface area contributed by atoms with Crippen molar-refractivity contribution >= 4 is 29.1 Å². The molecule has 0 fully saturated rings. The highest BCUT2D eigenvalue weighted by Gasteiger charge is 1.96. The van der Waals surface area contributed by atoms with E-state index < -0.39 is 0 Å². The Hall–Kier alpha value is -0.470. The van der Waals surface area contributed by atoms with Crippen LogP contribution in [0.3, 0.4) is 0 Å². The molecular weight excluding hydrogens is 228 g/mol. The molecule has 1 aromatic carbocycles. The van der Waals surface area contributed by atoms with Crippen LogP contribution in [0.15, 0.2) is 24.3 Å². The predicted octanol–water partition coefficient (Wildman–Crippen LogP) is 3.94. The Morgan fingerprint density at radius 1 is 1.33 bits per heavy atom. The SMILES string of the molecule is CC(=O)CCCSCc1ccc(Cl)cc1. The molecule has 0 saturated heterocycles. The van der Waals surface area contributed by atoms with E-state index in [1.807, 2.05) is 36.0 Å². The lowest BCUT2D eigenvalue weighted by molar-refractivity contribution is -0.117. The molecule has 82 valence electrons. The average molecular weight is 243 g/mol. The third-order valence-electron chi connectivity index (χ3n) is 2.00. The Labute approximate surface area is 100 Å². The van der Waals surface area contributed by atoms with E-state index in [9.17, 15) is 4.79 Å². The van der Waals surface area contributed by atoms with Gasteiger partial charge in [-0.2, -0.15) is 11.8 Å². The molecule has 1 rings (SSSR count). The number of halogens is 1. The molecule has 0 saturated carbocycles. The number of benzene rings is 1. The number of hydrogen-bond donors (Lipinski definition) is 0. The summed E-state index contributed by atoms with van der Waals surface area (Å²) in [5.74, 6) is 2.32. The van der Waals surface area contributed by atoms with Crippen LogP contribution in [0.1, 0.15) is 25.3 Å². The quantitative estimate of drug-likeness (QED) is 0.703. The van der Waals surface area contributed by atoms with E-state index in [0.717, 1.165) is 22.9 Å². The fraction of sp³-hybridized carbons (Fsp3) is 0.417. The van der Waals surface area contributed by atoms with E-state index in [1.54, 1.807) is 6.92 Å². The highest BCUT2D eigenvalue weighted by Crippen LogP contribution is 2.16. The maximum Gasteiger partial charge on any atom is 0.129 e. The summed E-state index contributed by atoms with van der Waals surface area (Å²) in [6, 6.07) is 7.90. The molecule has 0 radical (unpaired) electrons. The first-order chi connectivity index (χ1) is 7.18. The summed E-state index contributed by atoms with van der Waals surface area (Å²) in [6.45, 7) is 1.64. The second kappa shape index (κ2) is 6.91. The van der Waals surface area contributed by atoms with Crippen molar-refractivity contribution in [2.45, 2.75) is 25.5 Å². The molecular formula is C12H15ClOS. The van der Waals surface area contributed by atoms with Crippen LogP contribution in [0, 0.1) is 0 Å². The highest BCUT2D eigenvalue weighted by atomic mass is 35.5. The van der Waals surface area contributed by atoms with E-state index in [1.165, 1.54) is 5.56 Å².